The number of amides is 1. The molecular formula is C29H36FN3O2. The van der Waals surface area contributed by atoms with Crippen LogP contribution in [0.2, 0.25) is 0 Å². The van der Waals surface area contributed by atoms with E-state index in [-0.39, 0.29) is 23.2 Å². The highest BCUT2D eigenvalue weighted by atomic mass is 19.1. The Kier molecular flexibility index (Phi) is 7.29. The van der Waals surface area contributed by atoms with Crippen LogP contribution < -0.4 is 4.74 Å². The summed E-state index contributed by atoms with van der Waals surface area (Å²) in [5.74, 6) is 1.16. The van der Waals surface area contributed by atoms with Gasteiger partial charge in [-0.05, 0) is 80.8 Å². The first-order chi connectivity index (χ1) is 16.9. The number of likely N-dealkylation sites (tertiary alicyclic amines) is 1. The van der Waals surface area contributed by atoms with Gasteiger partial charge < -0.3 is 14.2 Å². The molecule has 1 spiro atoms. The lowest BCUT2D eigenvalue weighted by molar-refractivity contribution is -0.156. The predicted molar refractivity (Wildman–Crippen MR) is 136 cm³/mol. The lowest BCUT2D eigenvalue weighted by Crippen LogP contribution is -2.54. The van der Waals surface area contributed by atoms with Gasteiger partial charge in [0.15, 0.2) is 0 Å². The number of carbonyl (C=O) groups excluding carboxylic acids is 1. The number of aromatic nitrogens is 2. The summed E-state index contributed by atoms with van der Waals surface area (Å²) in [6, 6.07) is 12.8. The number of piperidine rings is 1. The molecular weight excluding hydrogens is 441 g/mol. The maximum atomic E-state index is 13.6. The van der Waals surface area contributed by atoms with Gasteiger partial charge in [-0.15, -0.1) is 0 Å². The van der Waals surface area contributed by atoms with Crippen LogP contribution in [-0.4, -0.2) is 34.0 Å². The number of rotatable bonds is 5. The fourth-order valence-corrected chi connectivity index (χ4v) is 5.60. The summed E-state index contributed by atoms with van der Waals surface area (Å²) in [6.45, 7) is 8.77. The van der Waals surface area contributed by atoms with E-state index in [2.05, 4.69) is 23.2 Å². The van der Waals surface area contributed by atoms with Crippen LogP contribution in [0.5, 0.6) is 5.75 Å². The zero-order chi connectivity index (χ0) is 25.2. The number of aryl methyl sites for hydroxylation is 1. The number of imidazole rings is 1. The Hall–Kier alpha value is -3.15. The SMILES string of the molecule is CC.COc1cc(C2CC3(CCCN(C(C)c4ccc(F)cc4)C3=O)C2)ccc1-n1cnc(C)c1. The van der Waals surface area contributed by atoms with E-state index in [1.54, 1.807) is 25.6 Å². The Morgan fingerprint density at radius 1 is 1.14 bits per heavy atom. The van der Waals surface area contributed by atoms with E-state index in [1.165, 1.54) is 17.7 Å². The molecule has 2 heterocycles. The van der Waals surface area contributed by atoms with Crippen molar-refractivity contribution in [3.8, 4) is 11.4 Å². The summed E-state index contributed by atoms with van der Waals surface area (Å²) in [5, 5.41) is 0. The van der Waals surface area contributed by atoms with Gasteiger partial charge >= 0.3 is 0 Å². The molecule has 0 radical (unpaired) electrons. The molecule has 0 bridgehead atoms. The fraction of sp³-hybridized carbons (Fsp3) is 0.448. The van der Waals surface area contributed by atoms with Gasteiger partial charge in [-0.1, -0.05) is 32.0 Å². The average Bonchev–Trinajstić information content (AvgIpc) is 3.30. The zero-order valence-electron chi connectivity index (χ0n) is 21.4. The Morgan fingerprint density at radius 2 is 1.86 bits per heavy atom. The highest BCUT2D eigenvalue weighted by Gasteiger charge is 2.53. The van der Waals surface area contributed by atoms with E-state index in [0.717, 1.165) is 54.9 Å². The number of ether oxygens (including phenoxy) is 1. The smallest absolute Gasteiger partial charge is 0.229 e. The minimum Gasteiger partial charge on any atom is -0.495 e. The Bertz CT molecular complexity index is 1160. The molecule has 5 rings (SSSR count). The third kappa shape index (κ3) is 4.71. The highest BCUT2D eigenvalue weighted by Crippen LogP contribution is 2.57. The Labute approximate surface area is 207 Å². The van der Waals surface area contributed by atoms with Crippen LogP contribution >= 0.6 is 0 Å². The minimum absolute atomic E-state index is 0.0488. The van der Waals surface area contributed by atoms with Gasteiger partial charge in [0.1, 0.15) is 11.6 Å². The predicted octanol–water partition coefficient (Wildman–Crippen LogP) is 6.60. The van der Waals surface area contributed by atoms with Crippen molar-refractivity contribution in [1.29, 1.82) is 0 Å². The average molecular weight is 478 g/mol. The lowest BCUT2D eigenvalue weighted by Gasteiger charge is -2.53. The minimum atomic E-state index is -0.273. The molecule has 2 aliphatic rings. The van der Waals surface area contributed by atoms with Crippen molar-refractivity contribution in [1.82, 2.24) is 14.5 Å². The molecule has 35 heavy (non-hydrogen) atoms. The van der Waals surface area contributed by atoms with Gasteiger partial charge in [-0.3, -0.25) is 4.79 Å². The van der Waals surface area contributed by atoms with E-state index in [1.807, 2.05) is 43.4 Å². The quantitative estimate of drug-likeness (QED) is 0.416. The van der Waals surface area contributed by atoms with Gasteiger partial charge in [-0.25, -0.2) is 9.37 Å². The third-order valence-electron chi connectivity index (χ3n) is 7.53. The van der Waals surface area contributed by atoms with Crippen LogP contribution in [-0.2, 0) is 4.79 Å². The fourth-order valence-electron chi connectivity index (χ4n) is 5.60. The molecule has 1 atom stereocenters. The van der Waals surface area contributed by atoms with E-state index in [9.17, 15) is 9.18 Å². The van der Waals surface area contributed by atoms with Crippen LogP contribution in [0, 0.1) is 18.2 Å². The number of hydrogen-bond acceptors (Lipinski definition) is 3. The van der Waals surface area contributed by atoms with Gasteiger partial charge in [0.25, 0.3) is 0 Å². The van der Waals surface area contributed by atoms with Gasteiger partial charge in [0, 0.05) is 12.7 Å². The number of methoxy groups -OCH3 is 1. The number of halogens is 1. The second-order valence-electron chi connectivity index (χ2n) is 9.57. The van der Waals surface area contributed by atoms with Crippen molar-refractivity contribution in [2.75, 3.05) is 13.7 Å². The third-order valence-corrected chi connectivity index (χ3v) is 7.53. The summed E-state index contributed by atoms with van der Waals surface area (Å²) in [6.07, 6.45) is 7.46. The second kappa shape index (κ2) is 10.2. The molecule has 1 saturated heterocycles. The van der Waals surface area contributed by atoms with E-state index < -0.39 is 0 Å². The van der Waals surface area contributed by atoms with Crippen molar-refractivity contribution in [3.63, 3.8) is 0 Å². The summed E-state index contributed by atoms with van der Waals surface area (Å²) < 4.78 is 21.0. The van der Waals surface area contributed by atoms with Crippen LogP contribution in [0.1, 0.15) is 75.2 Å². The van der Waals surface area contributed by atoms with E-state index >= 15 is 0 Å². The topological polar surface area (TPSA) is 47.4 Å². The van der Waals surface area contributed by atoms with Crippen LogP contribution in [0.4, 0.5) is 4.39 Å². The largest absolute Gasteiger partial charge is 0.495 e. The molecule has 1 aliphatic heterocycles. The summed E-state index contributed by atoms with van der Waals surface area (Å²) in [5.41, 5.74) is 3.84. The van der Waals surface area contributed by atoms with E-state index in [4.69, 9.17) is 4.74 Å². The number of carbonyl (C=O) groups is 1. The normalized spacial score (nSPS) is 22.3. The maximum Gasteiger partial charge on any atom is 0.229 e. The number of hydrogen-bond donors (Lipinski definition) is 0. The first kappa shape index (κ1) is 25.0. The number of benzene rings is 2. The zero-order valence-corrected chi connectivity index (χ0v) is 21.4. The standard InChI is InChI=1S/C27H30FN3O2.C2H6/c1-18-16-30(17-29-18)24-10-7-21(13-25(24)33-3)22-14-27(15-22)11-4-12-31(26(27)32)19(2)20-5-8-23(28)9-6-20;1-2/h5-10,13,16-17,19,22H,4,11-12,14-15H2,1-3H3;1-2H3. The molecule has 6 heteroatoms. The van der Waals surface area contributed by atoms with Gasteiger partial charge in [0.05, 0.1) is 36.3 Å². The summed E-state index contributed by atoms with van der Waals surface area (Å²) in [7, 11) is 1.69. The van der Waals surface area contributed by atoms with Crippen LogP contribution in [0.15, 0.2) is 55.0 Å². The molecule has 1 unspecified atom stereocenters. The Balaban J connectivity index is 0.00000141. The van der Waals surface area contributed by atoms with Crippen molar-refractivity contribution >= 4 is 5.91 Å². The van der Waals surface area contributed by atoms with Crippen molar-refractivity contribution in [2.24, 2.45) is 5.41 Å². The Morgan fingerprint density at radius 3 is 2.49 bits per heavy atom. The monoisotopic (exact) mass is 477 g/mol. The molecule has 0 N–H and O–H groups in total. The number of nitrogens with zero attached hydrogens (tertiary/aromatic N) is 3. The van der Waals surface area contributed by atoms with E-state index in [0.29, 0.717) is 5.92 Å². The molecule has 186 valence electrons. The second-order valence-corrected chi connectivity index (χ2v) is 9.57. The van der Waals surface area contributed by atoms with Crippen LogP contribution in [0.3, 0.4) is 0 Å². The van der Waals surface area contributed by atoms with Crippen molar-refractivity contribution in [2.45, 2.75) is 65.3 Å². The first-order valence-corrected chi connectivity index (χ1v) is 12.7. The van der Waals surface area contributed by atoms with Gasteiger partial charge in [0.2, 0.25) is 5.91 Å². The first-order valence-electron chi connectivity index (χ1n) is 12.7. The molecule has 1 aromatic heterocycles. The molecule has 2 aromatic carbocycles. The summed E-state index contributed by atoms with van der Waals surface area (Å²) in [4.78, 5) is 19.9. The molecule has 1 saturated carbocycles. The molecule has 3 aromatic rings. The lowest BCUT2D eigenvalue weighted by atomic mass is 9.56. The van der Waals surface area contributed by atoms with Gasteiger partial charge in [-0.2, -0.15) is 0 Å². The van der Waals surface area contributed by atoms with Crippen molar-refractivity contribution in [3.05, 3.63) is 77.6 Å². The summed E-state index contributed by atoms with van der Waals surface area (Å²) >= 11 is 0. The highest BCUT2D eigenvalue weighted by molar-refractivity contribution is 5.85. The van der Waals surface area contributed by atoms with Crippen molar-refractivity contribution < 1.29 is 13.9 Å². The molecule has 1 amide bonds. The molecule has 1 aliphatic carbocycles. The molecule has 2 fully saturated rings. The maximum absolute atomic E-state index is 13.6. The molecule has 5 nitrogen and oxygen atoms in total. The van der Waals surface area contributed by atoms with Crippen LogP contribution in [0.25, 0.3) is 5.69 Å².